The lowest BCUT2D eigenvalue weighted by Gasteiger charge is -2.29. The van der Waals surface area contributed by atoms with Gasteiger partial charge in [0.05, 0.1) is 0 Å². The zero-order valence-electron chi connectivity index (χ0n) is 8.98. The molecule has 82 valence electrons. The molecule has 0 aromatic heterocycles. The van der Waals surface area contributed by atoms with Crippen LogP contribution < -0.4 is 5.30 Å². The average Bonchev–Trinajstić information content (AvgIpc) is 2.15. The van der Waals surface area contributed by atoms with E-state index in [1.54, 1.807) is 12.1 Å². The minimum absolute atomic E-state index is 0.249. The van der Waals surface area contributed by atoms with E-state index >= 15 is 0 Å². The molecule has 1 fully saturated rings. The van der Waals surface area contributed by atoms with Crippen molar-refractivity contribution in [3.05, 3.63) is 24.3 Å². The van der Waals surface area contributed by atoms with Crippen molar-refractivity contribution in [2.24, 2.45) is 0 Å². The molecular weight excluding hydrogens is 207 g/mol. The van der Waals surface area contributed by atoms with E-state index in [9.17, 15) is 10.00 Å². The van der Waals surface area contributed by atoms with Crippen LogP contribution in [-0.2, 0) is 0 Å². The third kappa shape index (κ3) is 1.84. The van der Waals surface area contributed by atoms with Gasteiger partial charge >= 0.3 is 0 Å². The van der Waals surface area contributed by atoms with Crippen molar-refractivity contribution in [3.63, 3.8) is 0 Å². The van der Waals surface area contributed by atoms with Crippen LogP contribution in [0.2, 0.25) is 0 Å². The molecule has 1 saturated carbocycles. The van der Waals surface area contributed by atoms with Crippen LogP contribution in [0.1, 0.15) is 26.2 Å². The summed E-state index contributed by atoms with van der Waals surface area (Å²) >= 11 is 0. The Balaban J connectivity index is 2.51. The third-order valence-electron chi connectivity index (χ3n) is 3.17. The lowest BCUT2D eigenvalue weighted by molar-refractivity contribution is 0.475. The molecule has 1 unspecified atom stereocenters. The Morgan fingerprint density at radius 2 is 2.07 bits per heavy atom. The smallest absolute Gasteiger partial charge is 0.116 e. The summed E-state index contributed by atoms with van der Waals surface area (Å²) in [6.07, 6.45) is 4.11. The van der Waals surface area contributed by atoms with Crippen LogP contribution in [0.3, 0.4) is 0 Å². The summed E-state index contributed by atoms with van der Waals surface area (Å²) < 4.78 is 0. The maximum Gasteiger partial charge on any atom is 0.116 e. The van der Waals surface area contributed by atoms with Crippen LogP contribution in [0, 0.1) is 0 Å². The average molecular weight is 224 g/mol. The van der Waals surface area contributed by atoms with Crippen molar-refractivity contribution >= 4 is 17.7 Å². The van der Waals surface area contributed by atoms with Gasteiger partial charge in [0.1, 0.15) is 5.75 Å². The van der Waals surface area contributed by atoms with Crippen LogP contribution in [0.5, 0.6) is 5.75 Å². The van der Waals surface area contributed by atoms with Crippen molar-refractivity contribution in [2.45, 2.75) is 26.2 Å². The molecule has 2 rings (SSSR count). The van der Waals surface area contributed by atoms with E-state index in [-0.39, 0.29) is 5.75 Å². The number of phenolic OH excluding ortho intramolecular Hbond substituents is 1. The second kappa shape index (κ2) is 4.03. The summed E-state index contributed by atoms with van der Waals surface area (Å²) in [5, 5.41) is 11.7. The zero-order chi connectivity index (χ0) is 10.9. The molecular formula is C12H17O2P. The number of rotatable bonds is 2. The summed E-state index contributed by atoms with van der Waals surface area (Å²) in [6, 6.07) is 7.10. The summed E-state index contributed by atoms with van der Waals surface area (Å²) in [4.78, 5) is 10.7. The van der Waals surface area contributed by atoms with Crippen molar-refractivity contribution in [3.8, 4) is 5.75 Å². The van der Waals surface area contributed by atoms with Gasteiger partial charge in [-0.05, 0) is 42.9 Å². The molecule has 2 nitrogen and oxygen atoms in total. The minimum atomic E-state index is -2.08. The van der Waals surface area contributed by atoms with Gasteiger partial charge < -0.3 is 10.00 Å². The minimum Gasteiger partial charge on any atom is -0.508 e. The van der Waals surface area contributed by atoms with Gasteiger partial charge in [-0.2, -0.15) is 0 Å². The van der Waals surface area contributed by atoms with E-state index in [4.69, 9.17) is 0 Å². The van der Waals surface area contributed by atoms with Gasteiger partial charge in [-0.25, -0.2) is 0 Å². The van der Waals surface area contributed by atoms with Crippen LogP contribution >= 0.6 is 7.11 Å². The maximum absolute atomic E-state index is 10.7. The summed E-state index contributed by atoms with van der Waals surface area (Å²) in [5.41, 5.74) is 0. The normalized spacial score (nSPS) is 19.5. The quantitative estimate of drug-likeness (QED) is 0.757. The fourth-order valence-corrected chi connectivity index (χ4v) is 4.93. The summed E-state index contributed by atoms with van der Waals surface area (Å²) in [6.45, 7) is 2.03. The third-order valence-corrected chi connectivity index (χ3v) is 6.71. The van der Waals surface area contributed by atoms with E-state index in [2.05, 4.69) is 0 Å². The van der Waals surface area contributed by atoms with Crippen molar-refractivity contribution in [2.75, 3.05) is 6.16 Å². The number of hydrogen-bond donors (Lipinski definition) is 2. The molecule has 0 amide bonds. The largest absolute Gasteiger partial charge is 0.508 e. The molecule has 0 radical (unpaired) electrons. The SMILES string of the molecule is CCP(O)(=C1CCC1)c1cccc(O)c1. The van der Waals surface area contributed by atoms with Crippen LogP contribution in [0.4, 0.5) is 0 Å². The summed E-state index contributed by atoms with van der Waals surface area (Å²) in [5.74, 6) is 0.249. The molecule has 0 heterocycles. The van der Waals surface area contributed by atoms with Gasteiger partial charge in [-0.3, -0.25) is 0 Å². The first kappa shape index (κ1) is 10.8. The van der Waals surface area contributed by atoms with Gasteiger partial charge in [-0.1, -0.05) is 19.1 Å². The second-order valence-electron chi connectivity index (χ2n) is 4.03. The first-order valence-corrected chi connectivity index (χ1v) is 7.35. The lowest BCUT2D eigenvalue weighted by Crippen LogP contribution is -2.20. The van der Waals surface area contributed by atoms with E-state index in [1.165, 1.54) is 11.7 Å². The first-order valence-electron chi connectivity index (χ1n) is 5.42. The molecule has 1 atom stereocenters. The number of benzene rings is 1. The Labute approximate surface area is 90.6 Å². The highest BCUT2D eigenvalue weighted by Crippen LogP contribution is 2.48. The van der Waals surface area contributed by atoms with Gasteiger partial charge in [0.2, 0.25) is 0 Å². The molecule has 0 aliphatic heterocycles. The molecule has 0 spiro atoms. The molecule has 1 aromatic rings. The van der Waals surface area contributed by atoms with Crippen molar-refractivity contribution in [1.29, 1.82) is 0 Å². The second-order valence-corrected chi connectivity index (χ2v) is 7.35. The maximum atomic E-state index is 10.7. The molecule has 2 N–H and O–H groups in total. The van der Waals surface area contributed by atoms with Crippen LogP contribution in [0.25, 0.3) is 0 Å². The topological polar surface area (TPSA) is 40.5 Å². The molecule has 1 aliphatic carbocycles. The standard InChI is InChI=1S/C12H17O2P/c1-2-15(14,11-6-4-7-11)12-8-3-5-10(13)9-12/h3,5,8-9,13-14H,2,4,6-7H2,1H3. The monoisotopic (exact) mass is 224 g/mol. The van der Waals surface area contributed by atoms with E-state index in [0.717, 1.165) is 24.3 Å². The van der Waals surface area contributed by atoms with Crippen molar-refractivity contribution in [1.82, 2.24) is 0 Å². The number of aromatic hydroxyl groups is 1. The number of hydrogen-bond acceptors (Lipinski definition) is 2. The van der Waals surface area contributed by atoms with Crippen LogP contribution in [0.15, 0.2) is 24.3 Å². The highest BCUT2D eigenvalue weighted by atomic mass is 31.2. The zero-order valence-corrected chi connectivity index (χ0v) is 9.87. The Bertz CT molecular complexity index is 417. The van der Waals surface area contributed by atoms with E-state index in [1.807, 2.05) is 19.1 Å². The molecule has 15 heavy (non-hydrogen) atoms. The fourth-order valence-electron chi connectivity index (χ4n) is 2.02. The van der Waals surface area contributed by atoms with Gasteiger partial charge in [-0.15, -0.1) is 0 Å². The predicted octanol–water partition coefficient (Wildman–Crippen LogP) is 2.32. The highest BCUT2D eigenvalue weighted by molar-refractivity contribution is 7.78. The molecule has 0 saturated heterocycles. The Hall–Kier alpha value is -0.720. The van der Waals surface area contributed by atoms with Gasteiger partial charge in [0.15, 0.2) is 0 Å². The Morgan fingerprint density at radius 1 is 1.33 bits per heavy atom. The molecule has 3 heteroatoms. The number of phenols is 1. The van der Waals surface area contributed by atoms with Crippen molar-refractivity contribution < 1.29 is 10.00 Å². The Kier molecular flexibility index (Phi) is 2.90. The first-order chi connectivity index (χ1) is 7.16. The molecule has 1 aromatic carbocycles. The van der Waals surface area contributed by atoms with Crippen LogP contribution in [-0.4, -0.2) is 21.5 Å². The van der Waals surface area contributed by atoms with E-state index in [0.29, 0.717) is 0 Å². The molecule has 0 bridgehead atoms. The Morgan fingerprint density at radius 3 is 2.53 bits per heavy atom. The summed E-state index contributed by atoms with van der Waals surface area (Å²) in [7, 11) is -2.08. The van der Waals surface area contributed by atoms with Gasteiger partial charge in [0.25, 0.3) is 0 Å². The fraction of sp³-hybridized carbons (Fsp3) is 0.417. The predicted molar refractivity (Wildman–Crippen MR) is 66.3 cm³/mol. The molecule has 1 aliphatic rings. The van der Waals surface area contributed by atoms with E-state index < -0.39 is 7.11 Å². The highest BCUT2D eigenvalue weighted by Gasteiger charge is 2.24. The van der Waals surface area contributed by atoms with Gasteiger partial charge in [0, 0.05) is 12.4 Å². The lowest BCUT2D eigenvalue weighted by atomic mass is 10.0.